The van der Waals surface area contributed by atoms with Crippen LogP contribution in [0.1, 0.15) is 51.7 Å². The molecule has 1 aliphatic heterocycles. The molecule has 108 valence electrons. The first-order valence-electron chi connectivity index (χ1n) is 7.36. The summed E-state index contributed by atoms with van der Waals surface area (Å²) in [5.74, 6) is 2.64. The topological polar surface area (TPSA) is 55.3 Å². The van der Waals surface area contributed by atoms with Gasteiger partial charge in [-0.05, 0) is 44.8 Å². The monoisotopic (exact) mass is 265 g/mol. The summed E-state index contributed by atoms with van der Waals surface area (Å²) in [6.07, 6.45) is 5.55. The predicted molar refractivity (Wildman–Crippen MR) is 76.9 cm³/mol. The molecule has 1 aromatic rings. The summed E-state index contributed by atoms with van der Waals surface area (Å²) in [5.41, 5.74) is 5.66. The highest BCUT2D eigenvalue weighted by molar-refractivity contribution is 5.06. The summed E-state index contributed by atoms with van der Waals surface area (Å²) < 4.78 is 5.85. The quantitative estimate of drug-likeness (QED) is 0.909. The molecule has 2 rings (SSSR count). The zero-order valence-corrected chi connectivity index (χ0v) is 12.5. The van der Waals surface area contributed by atoms with Gasteiger partial charge in [-0.25, -0.2) is 4.98 Å². The molecule has 2 N–H and O–H groups in total. The van der Waals surface area contributed by atoms with Crippen LogP contribution in [0.5, 0.6) is 0 Å². The van der Waals surface area contributed by atoms with Gasteiger partial charge < -0.3 is 10.2 Å². The number of piperidine rings is 1. The SMILES string of the molecule is CC(C)(C)c1cnc(CN2CCC(CCN)CC2)o1. The van der Waals surface area contributed by atoms with Crippen molar-refractivity contribution in [1.82, 2.24) is 9.88 Å². The van der Waals surface area contributed by atoms with Crippen molar-refractivity contribution in [3.05, 3.63) is 17.8 Å². The Labute approximate surface area is 116 Å². The van der Waals surface area contributed by atoms with Crippen molar-refractivity contribution < 1.29 is 4.42 Å². The van der Waals surface area contributed by atoms with E-state index in [-0.39, 0.29) is 5.41 Å². The lowest BCUT2D eigenvalue weighted by Gasteiger charge is -2.30. The van der Waals surface area contributed by atoms with Crippen molar-refractivity contribution >= 4 is 0 Å². The molecule has 1 aromatic heterocycles. The van der Waals surface area contributed by atoms with Gasteiger partial charge in [-0.15, -0.1) is 0 Å². The minimum absolute atomic E-state index is 0.0410. The molecule has 0 aromatic carbocycles. The van der Waals surface area contributed by atoms with Crippen LogP contribution in [0.2, 0.25) is 0 Å². The third-order valence-electron chi connectivity index (χ3n) is 3.93. The van der Waals surface area contributed by atoms with Gasteiger partial charge in [0, 0.05) is 5.41 Å². The lowest BCUT2D eigenvalue weighted by molar-refractivity contribution is 0.158. The van der Waals surface area contributed by atoms with Crippen molar-refractivity contribution in [2.24, 2.45) is 11.7 Å². The van der Waals surface area contributed by atoms with Gasteiger partial charge in [-0.2, -0.15) is 0 Å². The Bertz CT molecular complexity index is 386. The molecule has 0 radical (unpaired) electrons. The van der Waals surface area contributed by atoms with E-state index in [0.717, 1.165) is 43.7 Å². The van der Waals surface area contributed by atoms with E-state index in [1.54, 1.807) is 0 Å². The van der Waals surface area contributed by atoms with E-state index in [4.69, 9.17) is 10.2 Å². The third-order valence-corrected chi connectivity index (χ3v) is 3.93. The molecule has 0 amide bonds. The summed E-state index contributed by atoms with van der Waals surface area (Å²) in [6, 6.07) is 0. The zero-order chi connectivity index (χ0) is 13.9. The predicted octanol–water partition coefficient (Wildman–Crippen LogP) is 2.53. The standard InChI is InChI=1S/C15H27N3O/c1-15(2,3)13-10-17-14(19-13)11-18-8-5-12(4-7-16)6-9-18/h10,12H,4-9,11,16H2,1-3H3. The van der Waals surface area contributed by atoms with Crippen LogP contribution in [0.3, 0.4) is 0 Å². The Morgan fingerprint density at radius 3 is 2.58 bits per heavy atom. The van der Waals surface area contributed by atoms with Gasteiger partial charge in [0.1, 0.15) is 5.76 Å². The Hall–Kier alpha value is -0.870. The minimum atomic E-state index is 0.0410. The van der Waals surface area contributed by atoms with Gasteiger partial charge in [-0.3, -0.25) is 4.90 Å². The molecular weight excluding hydrogens is 238 g/mol. The third kappa shape index (κ3) is 4.05. The number of nitrogens with two attached hydrogens (primary N) is 1. The fourth-order valence-electron chi connectivity index (χ4n) is 2.59. The Morgan fingerprint density at radius 1 is 1.37 bits per heavy atom. The molecule has 0 spiro atoms. The Balaban J connectivity index is 1.84. The average molecular weight is 265 g/mol. The molecule has 0 aliphatic carbocycles. The van der Waals surface area contributed by atoms with E-state index in [9.17, 15) is 0 Å². The highest BCUT2D eigenvalue weighted by Gasteiger charge is 2.22. The van der Waals surface area contributed by atoms with Gasteiger partial charge >= 0.3 is 0 Å². The number of oxazole rings is 1. The lowest BCUT2D eigenvalue weighted by atomic mass is 9.94. The largest absolute Gasteiger partial charge is 0.444 e. The van der Waals surface area contributed by atoms with Crippen LogP contribution in [-0.4, -0.2) is 29.5 Å². The van der Waals surface area contributed by atoms with Crippen molar-refractivity contribution in [2.45, 2.75) is 52.0 Å². The molecular formula is C15H27N3O. The highest BCUT2D eigenvalue weighted by atomic mass is 16.4. The second kappa shape index (κ2) is 6.06. The average Bonchev–Trinajstić information content (AvgIpc) is 2.80. The first-order chi connectivity index (χ1) is 8.99. The van der Waals surface area contributed by atoms with E-state index >= 15 is 0 Å². The normalized spacial score (nSPS) is 18.9. The zero-order valence-electron chi connectivity index (χ0n) is 12.5. The van der Waals surface area contributed by atoms with Crippen LogP contribution in [0, 0.1) is 5.92 Å². The Morgan fingerprint density at radius 2 is 2.05 bits per heavy atom. The van der Waals surface area contributed by atoms with Crippen LogP contribution in [0.15, 0.2) is 10.6 Å². The van der Waals surface area contributed by atoms with Crippen LogP contribution >= 0.6 is 0 Å². The number of hydrogen-bond acceptors (Lipinski definition) is 4. The smallest absolute Gasteiger partial charge is 0.208 e. The summed E-state index contributed by atoms with van der Waals surface area (Å²) in [6.45, 7) is 10.4. The molecule has 0 unspecified atom stereocenters. The van der Waals surface area contributed by atoms with Crippen LogP contribution < -0.4 is 5.73 Å². The van der Waals surface area contributed by atoms with E-state index in [0.29, 0.717) is 0 Å². The molecule has 0 saturated carbocycles. The van der Waals surface area contributed by atoms with Gasteiger partial charge in [-0.1, -0.05) is 20.8 Å². The first-order valence-corrected chi connectivity index (χ1v) is 7.36. The number of likely N-dealkylation sites (tertiary alicyclic amines) is 1. The molecule has 4 heteroatoms. The molecule has 1 aliphatic rings. The fourth-order valence-corrected chi connectivity index (χ4v) is 2.59. The van der Waals surface area contributed by atoms with E-state index < -0.39 is 0 Å². The molecule has 4 nitrogen and oxygen atoms in total. The maximum absolute atomic E-state index is 5.85. The molecule has 2 heterocycles. The van der Waals surface area contributed by atoms with Gasteiger partial charge in [0.25, 0.3) is 0 Å². The van der Waals surface area contributed by atoms with Crippen LogP contribution in [0.25, 0.3) is 0 Å². The molecule has 0 atom stereocenters. The summed E-state index contributed by atoms with van der Waals surface area (Å²) in [4.78, 5) is 6.84. The minimum Gasteiger partial charge on any atom is -0.444 e. The van der Waals surface area contributed by atoms with Gasteiger partial charge in [0.05, 0.1) is 12.7 Å². The van der Waals surface area contributed by atoms with E-state index in [1.165, 1.54) is 19.3 Å². The second-order valence-corrected chi connectivity index (χ2v) is 6.67. The van der Waals surface area contributed by atoms with Crippen molar-refractivity contribution in [3.63, 3.8) is 0 Å². The van der Waals surface area contributed by atoms with Crippen molar-refractivity contribution in [3.8, 4) is 0 Å². The number of hydrogen-bond donors (Lipinski definition) is 1. The first kappa shape index (κ1) is 14.5. The van der Waals surface area contributed by atoms with Gasteiger partial charge in [0.15, 0.2) is 0 Å². The second-order valence-electron chi connectivity index (χ2n) is 6.67. The molecule has 1 saturated heterocycles. The lowest BCUT2D eigenvalue weighted by Crippen LogP contribution is -2.33. The molecule has 1 fully saturated rings. The number of rotatable bonds is 4. The van der Waals surface area contributed by atoms with Crippen molar-refractivity contribution in [2.75, 3.05) is 19.6 Å². The molecule has 19 heavy (non-hydrogen) atoms. The van der Waals surface area contributed by atoms with E-state index in [1.807, 2.05) is 6.20 Å². The maximum atomic E-state index is 5.85. The molecule has 0 bridgehead atoms. The Kier molecular flexibility index (Phi) is 4.63. The van der Waals surface area contributed by atoms with Gasteiger partial charge in [0.2, 0.25) is 5.89 Å². The highest BCUT2D eigenvalue weighted by Crippen LogP contribution is 2.24. The fraction of sp³-hybridized carbons (Fsp3) is 0.800. The summed E-state index contributed by atoms with van der Waals surface area (Å²) in [7, 11) is 0. The summed E-state index contributed by atoms with van der Waals surface area (Å²) in [5, 5.41) is 0. The van der Waals surface area contributed by atoms with Crippen LogP contribution in [0.4, 0.5) is 0 Å². The summed E-state index contributed by atoms with van der Waals surface area (Å²) >= 11 is 0. The van der Waals surface area contributed by atoms with Crippen molar-refractivity contribution in [1.29, 1.82) is 0 Å². The van der Waals surface area contributed by atoms with E-state index in [2.05, 4.69) is 30.7 Å². The van der Waals surface area contributed by atoms with Crippen LogP contribution in [-0.2, 0) is 12.0 Å². The maximum Gasteiger partial charge on any atom is 0.208 e. The number of nitrogens with zero attached hydrogens (tertiary/aromatic N) is 2. The number of aromatic nitrogens is 1.